The summed E-state index contributed by atoms with van der Waals surface area (Å²) in [5, 5.41) is 35.3. The van der Waals surface area contributed by atoms with Crippen molar-refractivity contribution < 1.29 is 251 Å². The maximum Gasteiger partial charge on any atom is 1.00 e. The number of carbonyl (C=O) groups is 8. The average Bonchev–Trinajstić information content (AvgIpc) is 0.819. The number of aliphatic hydroxyl groups is 1. The molecule has 544 valence electrons. The van der Waals surface area contributed by atoms with E-state index in [1.54, 1.807) is 0 Å². The zero-order chi connectivity index (χ0) is 73.5. The van der Waals surface area contributed by atoms with E-state index in [-0.39, 0.29) is 240 Å². The number of rotatable bonds is 34. The van der Waals surface area contributed by atoms with Gasteiger partial charge in [-0.25, -0.2) is 57.9 Å². The molecule has 3 aromatic heterocycles. The smallest absolute Gasteiger partial charge is 0.731 e. The van der Waals surface area contributed by atoms with Crippen LogP contribution in [0, 0.1) is 29.1 Å². The summed E-state index contributed by atoms with van der Waals surface area (Å²) in [4.78, 5) is 116. The van der Waals surface area contributed by atoms with Gasteiger partial charge in [0.15, 0.2) is 80.7 Å². The van der Waals surface area contributed by atoms with E-state index in [0.29, 0.717) is 28.7 Å². The van der Waals surface area contributed by atoms with Crippen molar-refractivity contribution in [2.45, 2.75) is 123 Å². The van der Waals surface area contributed by atoms with Crippen LogP contribution in [0.25, 0.3) is 0 Å². The van der Waals surface area contributed by atoms with E-state index in [2.05, 4.69) is 37.5 Å². The van der Waals surface area contributed by atoms with Crippen molar-refractivity contribution in [1.29, 1.82) is 5.41 Å². The van der Waals surface area contributed by atoms with E-state index in [9.17, 15) is 77.3 Å². The second-order valence-corrected chi connectivity index (χ2v) is 33.1. The number of nitrogens with one attached hydrogen (secondary N) is 2. The summed E-state index contributed by atoms with van der Waals surface area (Å²) in [5.41, 5.74) is 14.6. The third kappa shape index (κ3) is 30.4. The first kappa shape index (κ1) is 99.3. The molecular weight excluding hydrogens is 1590 g/mol. The Bertz CT molecular complexity index is 3540. The molecule has 47 heteroatoms. The molecule has 4 aliphatic heterocycles. The zero-order valence-electron chi connectivity index (χ0n) is 57.0. The van der Waals surface area contributed by atoms with Crippen LogP contribution in [0.4, 0.5) is 15.4 Å². The fraction of sp³-hybridized carbons (Fsp3) is 0.623. The van der Waals surface area contributed by atoms with Gasteiger partial charge in [-0.2, -0.15) is 47.0 Å². The summed E-state index contributed by atoms with van der Waals surface area (Å²) in [5.74, 6) is -2.47. The molecule has 4 aliphatic rings. The van der Waals surface area contributed by atoms with Crippen LogP contribution in [-0.2, 0) is 78.9 Å². The molecule has 34 nitrogen and oxygen atoms in total. The van der Waals surface area contributed by atoms with Crippen LogP contribution in [0.2, 0.25) is 0 Å². The first-order chi connectivity index (χ1) is 45.3. The minimum Gasteiger partial charge on any atom is -0.731 e. The fourth-order valence-electron chi connectivity index (χ4n) is 8.76. The van der Waals surface area contributed by atoms with Gasteiger partial charge < -0.3 is 56.1 Å². The Labute approximate surface area is 737 Å². The van der Waals surface area contributed by atoms with Gasteiger partial charge in [0.05, 0.1) is 56.4 Å². The standard InChI is InChI=1S/2C14H20N4O6S3.C13H18N4O5S3.C8H15NOS.C4H8O3.3K/c2*1-3-4-25-7-9-8(13(20)18(9)27(21,22)23)5-10(19)12(17-24-2)11-6-16-14(15)26-11;1-2-3-23-6-8-7(12(19)17(8)25(20,21)22)4-9(18)11(14)10-5-16-13(15)24-10;1-3-4-11-5-7-6(2)8(10)9-7;1-4(2,7)3(5)6;;;/h2*6,8-9H,3-5,7H2,1-2H3,(H2,15,16)(H,21,22,23);5,7-8,14H,2-4,6H2,1H3,(H2,15,16)(H,20,21,22);6-7H,3-5H2,1-2H3,(H,9,10);7H,1-2H3,(H,5,6);;;/q;;;;;3*+1/p-3/b2*17-12+;;;;;;/t2*8-,9-;7-,8-;6-,7-;;;;/m0000..../s1. The SMILES string of the molecule is CC(C)(O)C(=O)O.CCCSC[C@@H]1NC(=O)[C@H]1C.CCCSC[C@H]1[C@H](CC(=O)/C(=N\OC)c2cnc(N)s2)C(=O)N1S(=O)(=O)[O-].CCCSC[C@H]1[C@H](CC(=O)/C(=N\OC)c2cnc(N)s2)C(=O)N1S(=O)(=O)[O-].CCCSC[C@H]1[C@H](CC(=O)C(=N)c2cnc(N)s2)C(=O)N1S(=O)(=O)[O-].[K+].[K+].[K+]. The van der Waals surface area contributed by atoms with E-state index >= 15 is 0 Å². The number of nitrogen functional groups attached to an aromatic ring is 3. The number of thiazole rings is 3. The number of anilines is 3. The number of nitrogens with zero attached hydrogens (tertiary/aromatic N) is 8. The molecule has 0 radical (unpaired) electrons. The van der Waals surface area contributed by atoms with E-state index in [0.717, 1.165) is 76.3 Å². The van der Waals surface area contributed by atoms with E-state index < -0.39 is 113 Å². The summed E-state index contributed by atoms with van der Waals surface area (Å²) in [6.07, 6.45) is 6.92. The van der Waals surface area contributed by atoms with Crippen LogP contribution in [0.5, 0.6) is 0 Å². The Morgan fingerprint density at radius 1 is 0.590 bits per heavy atom. The Hall–Kier alpha value is -0.741. The van der Waals surface area contributed by atoms with Crippen LogP contribution < -0.4 is 177 Å². The van der Waals surface area contributed by atoms with Gasteiger partial charge in [-0.1, -0.05) is 78.9 Å². The molecule has 4 saturated heterocycles. The summed E-state index contributed by atoms with van der Waals surface area (Å²) < 4.78 is 103. The van der Waals surface area contributed by atoms with Gasteiger partial charge in [0, 0.05) is 66.9 Å². The van der Waals surface area contributed by atoms with Crippen molar-refractivity contribution in [2.24, 2.45) is 34.0 Å². The number of hydrogen-bond donors (Lipinski definition) is 7. The molecule has 4 fully saturated rings. The molecule has 3 aromatic rings. The number of amides is 4. The maximum atomic E-state index is 12.6. The molecular formula is C53H78K3N13O21S10. The number of aliphatic carboxylic acids is 1. The summed E-state index contributed by atoms with van der Waals surface area (Å²) >= 11 is 9.22. The van der Waals surface area contributed by atoms with Crippen LogP contribution in [0.15, 0.2) is 28.9 Å². The van der Waals surface area contributed by atoms with E-state index in [4.69, 9.17) is 42.5 Å². The number of carbonyl (C=O) groups excluding carboxylic acids is 7. The quantitative estimate of drug-likeness (QED) is 0.00730. The molecule has 8 atom stereocenters. The molecule has 0 aliphatic carbocycles. The fourth-order valence-corrected chi connectivity index (χ4v) is 18.1. The number of aromatic nitrogens is 3. The Kier molecular flexibility index (Phi) is 46.9. The van der Waals surface area contributed by atoms with E-state index in [1.165, 1.54) is 94.1 Å². The molecule has 7 rings (SSSR count). The molecule has 10 N–H and O–H groups in total. The number of Topliss-reactive ketones (excluding diaryl/α,β-unsaturated/α-hetero) is 3. The number of oxime groups is 2. The second-order valence-electron chi connectivity index (χ2n) is 21.6. The molecule has 0 spiro atoms. The molecule has 0 saturated carbocycles. The Morgan fingerprint density at radius 2 is 0.870 bits per heavy atom. The van der Waals surface area contributed by atoms with Gasteiger partial charge in [0.2, 0.25) is 23.6 Å². The van der Waals surface area contributed by atoms with Gasteiger partial charge in [-0.05, 0) is 62.5 Å². The summed E-state index contributed by atoms with van der Waals surface area (Å²) in [7, 11) is -12.2. The number of carboxylic acids is 1. The zero-order valence-corrected chi connectivity index (χ0v) is 74.5. The monoisotopic (exact) mass is 1670 g/mol. The predicted molar refractivity (Wildman–Crippen MR) is 369 cm³/mol. The summed E-state index contributed by atoms with van der Waals surface area (Å²) in [6.45, 7) is 12.5. The van der Waals surface area contributed by atoms with Crippen molar-refractivity contribution in [3.8, 4) is 0 Å². The first-order valence-corrected chi connectivity index (χ1v) is 40.4. The third-order valence-corrected chi connectivity index (χ3v) is 24.1. The first-order valence-electron chi connectivity index (χ1n) is 29.3. The third-order valence-electron chi connectivity index (χ3n) is 13.7. The van der Waals surface area contributed by atoms with Crippen molar-refractivity contribution in [3.63, 3.8) is 0 Å². The minimum absolute atomic E-state index is 0. The van der Waals surface area contributed by atoms with Crippen LogP contribution >= 0.6 is 81.1 Å². The Morgan fingerprint density at radius 3 is 1.10 bits per heavy atom. The Balaban J connectivity index is 0.00000129. The van der Waals surface area contributed by atoms with Gasteiger partial charge in [0.25, 0.3) is 0 Å². The molecule has 7 heterocycles. The van der Waals surface area contributed by atoms with Crippen molar-refractivity contribution >= 4 is 191 Å². The molecule has 100 heavy (non-hydrogen) atoms. The van der Waals surface area contributed by atoms with Gasteiger partial charge in [-0.15, -0.1) is 0 Å². The van der Waals surface area contributed by atoms with Gasteiger partial charge in [-0.3, -0.25) is 39.0 Å². The number of nitrogens with two attached hydrogens (primary N) is 3. The van der Waals surface area contributed by atoms with Crippen LogP contribution in [0.1, 0.15) is 108 Å². The topological polar surface area (TPSA) is 554 Å². The molecule has 0 aromatic carbocycles. The number of ketones is 3. The van der Waals surface area contributed by atoms with Crippen molar-refractivity contribution in [2.75, 3.05) is 77.4 Å². The molecule has 0 bridgehead atoms. The minimum atomic E-state index is -4.92. The van der Waals surface area contributed by atoms with Crippen molar-refractivity contribution in [1.82, 2.24) is 33.2 Å². The van der Waals surface area contributed by atoms with Gasteiger partial charge in [0.1, 0.15) is 19.9 Å². The van der Waals surface area contributed by atoms with Crippen molar-refractivity contribution in [3.05, 3.63) is 33.2 Å². The number of carboxylic acid groups (broad SMARTS) is 1. The number of hydrogen-bond acceptors (Lipinski definition) is 36. The normalized spacial score (nSPS) is 20.2. The average molecular weight is 1670 g/mol. The van der Waals surface area contributed by atoms with Crippen LogP contribution in [0.3, 0.4) is 0 Å². The van der Waals surface area contributed by atoms with Crippen LogP contribution in [-0.4, -0.2) is 231 Å². The second kappa shape index (κ2) is 47.2. The number of thioether (sulfide) groups is 4. The largest absolute Gasteiger partial charge is 1.00 e. The van der Waals surface area contributed by atoms with E-state index in [1.807, 2.05) is 39.5 Å². The maximum absolute atomic E-state index is 12.6. The predicted octanol–water partition coefficient (Wildman–Crippen LogP) is -6.47. The van der Waals surface area contributed by atoms with Gasteiger partial charge >= 0.3 is 160 Å². The number of β-lactam (4-membered cyclic amide) rings is 4. The molecule has 4 amide bonds. The molecule has 0 unspecified atom stereocenters. The summed E-state index contributed by atoms with van der Waals surface area (Å²) in [6, 6.07) is -2.11.